The van der Waals surface area contributed by atoms with E-state index in [9.17, 15) is 23.6 Å². The molecule has 1 heterocycles. The van der Waals surface area contributed by atoms with Crippen molar-refractivity contribution in [2.45, 2.75) is 6.61 Å². The van der Waals surface area contributed by atoms with Crippen molar-refractivity contribution < 1.29 is 27.8 Å². The van der Waals surface area contributed by atoms with Crippen LogP contribution in [-0.4, -0.2) is 31.3 Å². The first-order chi connectivity index (χ1) is 18.8. The molecule has 11 heteroatoms. The van der Waals surface area contributed by atoms with Crippen LogP contribution in [0.1, 0.15) is 5.56 Å². The van der Waals surface area contributed by atoms with Gasteiger partial charge >= 0.3 is 6.61 Å². The summed E-state index contributed by atoms with van der Waals surface area (Å²) in [5.74, 6) is 0.0940. The number of alkyl halides is 2. The number of rotatable bonds is 8. The standard InChI is InChI=1S/C28H21F2N3O5S/c1-36-22-13-10-18(15-23(22)37-2)32-25(34)21(16-31)27-33(19-6-4-3-5-7-19)26(35)24(39-27)14-17-8-11-20(12-9-17)38-28(29)30/h3-15,28H,1-2H3,(H,32,34)/b24-14+,27-21-. The zero-order valence-corrected chi connectivity index (χ0v) is 21.5. The zero-order valence-electron chi connectivity index (χ0n) is 20.7. The van der Waals surface area contributed by atoms with Crippen LogP contribution in [0.4, 0.5) is 14.5 Å². The molecule has 8 nitrogen and oxygen atoms in total. The highest BCUT2D eigenvalue weighted by atomic mass is 32.1. The van der Waals surface area contributed by atoms with Gasteiger partial charge in [0.15, 0.2) is 17.1 Å². The first-order valence-electron chi connectivity index (χ1n) is 11.4. The molecule has 39 heavy (non-hydrogen) atoms. The van der Waals surface area contributed by atoms with Gasteiger partial charge in [0, 0.05) is 11.8 Å². The number of aromatic nitrogens is 1. The Bertz CT molecular complexity index is 1710. The van der Waals surface area contributed by atoms with Crippen molar-refractivity contribution in [3.63, 3.8) is 0 Å². The Labute approximate surface area is 225 Å². The van der Waals surface area contributed by atoms with E-state index in [0.717, 1.165) is 11.3 Å². The Morgan fingerprint density at radius 1 is 1.03 bits per heavy atom. The fourth-order valence-electron chi connectivity index (χ4n) is 3.66. The fraction of sp³-hybridized carbons (Fsp3) is 0.107. The number of methoxy groups -OCH3 is 2. The Morgan fingerprint density at radius 2 is 1.72 bits per heavy atom. The molecular formula is C28H21F2N3O5S. The summed E-state index contributed by atoms with van der Waals surface area (Å²) in [4.78, 5) is 26.7. The van der Waals surface area contributed by atoms with E-state index in [1.54, 1.807) is 54.6 Å². The third-order valence-electron chi connectivity index (χ3n) is 5.44. The van der Waals surface area contributed by atoms with Crippen LogP contribution in [0, 0.1) is 11.3 Å². The smallest absolute Gasteiger partial charge is 0.387 e. The predicted octanol–water partition coefficient (Wildman–Crippen LogP) is 3.66. The monoisotopic (exact) mass is 549 g/mol. The minimum atomic E-state index is -2.96. The average molecular weight is 550 g/mol. The van der Waals surface area contributed by atoms with Crippen molar-refractivity contribution in [1.29, 1.82) is 5.26 Å². The van der Waals surface area contributed by atoms with Gasteiger partial charge in [0.1, 0.15) is 16.5 Å². The number of halogens is 2. The molecule has 4 rings (SSSR count). The van der Waals surface area contributed by atoms with Gasteiger partial charge in [-0.1, -0.05) is 30.3 Å². The molecule has 1 aromatic heterocycles. The van der Waals surface area contributed by atoms with Crippen LogP contribution in [0.2, 0.25) is 0 Å². The topological polar surface area (TPSA) is 103 Å². The molecule has 198 valence electrons. The number of hydrogen-bond acceptors (Lipinski definition) is 7. The number of para-hydroxylation sites is 1. The summed E-state index contributed by atoms with van der Waals surface area (Å²) in [6.07, 6.45) is 1.54. The Hall–Kier alpha value is -4.95. The number of hydrogen-bond donors (Lipinski definition) is 1. The second-order valence-electron chi connectivity index (χ2n) is 7.85. The van der Waals surface area contributed by atoms with Crippen LogP contribution in [0.5, 0.6) is 17.2 Å². The number of thiazole rings is 1. The summed E-state index contributed by atoms with van der Waals surface area (Å²) in [5, 5.41) is 12.7. The van der Waals surface area contributed by atoms with Crippen LogP contribution in [0.3, 0.4) is 0 Å². The van der Waals surface area contributed by atoms with E-state index < -0.39 is 18.1 Å². The highest BCUT2D eigenvalue weighted by molar-refractivity contribution is 7.07. The average Bonchev–Trinajstić information content (AvgIpc) is 3.25. The maximum absolute atomic E-state index is 13.5. The van der Waals surface area contributed by atoms with E-state index in [0.29, 0.717) is 28.4 Å². The molecule has 3 aromatic carbocycles. The minimum absolute atomic E-state index is 0.0253. The molecular weight excluding hydrogens is 528 g/mol. The molecule has 0 unspecified atom stereocenters. The van der Waals surface area contributed by atoms with Crippen LogP contribution < -0.4 is 34.3 Å². The van der Waals surface area contributed by atoms with Crippen LogP contribution in [0.15, 0.2) is 77.6 Å². The largest absolute Gasteiger partial charge is 0.493 e. The van der Waals surface area contributed by atoms with Gasteiger partial charge in [0.2, 0.25) is 0 Å². The zero-order chi connectivity index (χ0) is 27.9. The number of carbonyl (C=O) groups is 1. The predicted molar refractivity (Wildman–Crippen MR) is 143 cm³/mol. The van der Waals surface area contributed by atoms with Gasteiger partial charge in [0.25, 0.3) is 11.5 Å². The van der Waals surface area contributed by atoms with Crippen LogP contribution in [0.25, 0.3) is 17.3 Å². The summed E-state index contributed by atoms with van der Waals surface area (Å²) in [6.45, 7) is -2.96. The summed E-state index contributed by atoms with van der Waals surface area (Å²) >= 11 is 0.955. The molecule has 0 fully saturated rings. The fourth-order valence-corrected chi connectivity index (χ4v) is 4.76. The molecule has 1 N–H and O–H groups in total. The molecule has 0 saturated carbocycles. The van der Waals surface area contributed by atoms with Gasteiger partial charge in [0.05, 0.1) is 24.4 Å². The van der Waals surface area contributed by atoms with Gasteiger partial charge in [-0.15, -0.1) is 11.3 Å². The number of benzene rings is 3. The summed E-state index contributed by atoms with van der Waals surface area (Å²) < 4.78 is 41.4. The van der Waals surface area contributed by atoms with E-state index in [2.05, 4.69) is 10.1 Å². The van der Waals surface area contributed by atoms with Crippen LogP contribution >= 0.6 is 11.3 Å². The van der Waals surface area contributed by atoms with Crippen molar-refractivity contribution in [3.05, 3.63) is 97.9 Å². The Morgan fingerprint density at radius 3 is 2.33 bits per heavy atom. The van der Waals surface area contributed by atoms with Crippen molar-refractivity contribution in [2.24, 2.45) is 0 Å². The number of amides is 1. The lowest BCUT2D eigenvalue weighted by molar-refractivity contribution is -0.111. The lowest BCUT2D eigenvalue weighted by Gasteiger charge is -2.10. The molecule has 0 saturated heterocycles. The van der Waals surface area contributed by atoms with E-state index in [1.165, 1.54) is 43.1 Å². The first kappa shape index (κ1) is 27.1. The number of ether oxygens (including phenoxy) is 3. The van der Waals surface area contributed by atoms with Gasteiger partial charge in [-0.05, 0) is 48.0 Å². The lowest BCUT2D eigenvalue weighted by Crippen LogP contribution is -2.32. The van der Waals surface area contributed by atoms with Crippen molar-refractivity contribution in [1.82, 2.24) is 4.57 Å². The number of anilines is 1. The molecule has 0 aliphatic heterocycles. The van der Waals surface area contributed by atoms with Crippen molar-refractivity contribution in [2.75, 3.05) is 19.5 Å². The summed E-state index contributed by atoms with van der Waals surface area (Å²) in [7, 11) is 2.94. The molecule has 1 amide bonds. The van der Waals surface area contributed by atoms with Crippen molar-refractivity contribution in [3.8, 4) is 29.0 Å². The molecule has 4 aromatic rings. The Balaban J connectivity index is 1.84. The normalized spacial score (nSPS) is 12.1. The highest BCUT2D eigenvalue weighted by Crippen LogP contribution is 2.29. The summed E-state index contributed by atoms with van der Waals surface area (Å²) in [6, 6.07) is 21.0. The Kier molecular flexibility index (Phi) is 8.38. The van der Waals surface area contributed by atoms with E-state index >= 15 is 0 Å². The second-order valence-corrected chi connectivity index (χ2v) is 8.88. The van der Waals surface area contributed by atoms with E-state index in [1.807, 2.05) is 6.07 Å². The third kappa shape index (κ3) is 6.14. The lowest BCUT2D eigenvalue weighted by atomic mass is 10.2. The molecule has 0 aliphatic rings. The number of carbonyl (C=O) groups excluding carboxylic acids is 1. The quantitative estimate of drug-likeness (QED) is 0.360. The minimum Gasteiger partial charge on any atom is -0.493 e. The molecule has 0 aliphatic carbocycles. The highest BCUT2D eigenvalue weighted by Gasteiger charge is 2.18. The van der Waals surface area contributed by atoms with E-state index in [4.69, 9.17) is 9.47 Å². The first-order valence-corrected chi connectivity index (χ1v) is 12.2. The van der Waals surface area contributed by atoms with E-state index in [-0.39, 0.29) is 20.5 Å². The number of nitrogens with zero attached hydrogens (tertiary/aromatic N) is 2. The van der Waals surface area contributed by atoms with Crippen LogP contribution in [-0.2, 0) is 4.79 Å². The second kappa shape index (κ2) is 12.1. The molecule has 0 atom stereocenters. The SMILES string of the molecule is COc1ccc(NC(=O)/C(C#N)=c2\s/c(=C/c3ccc(OC(F)F)cc3)c(=O)n2-c2ccccc2)cc1OC. The van der Waals surface area contributed by atoms with Gasteiger partial charge in [-0.2, -0.15) is 14.0 Å². The molecule has 0 spiro atoms. The summed E-state index contributed by atoms with van der Waals surface area (Å²) in [5.41, 5.74) is 0.612. The third-order valence-corrected chi connectivity index (χ3v) is 6.53. The number of nitriles is 1. The molecule has 0 bridgehead atoms. The maximum atomic E-state index is 13.5. The van der Waals surface area contributed by atoms with Gasteiger partial charge < -0.3 is 19.5 Å². The van der Waals surface area contributed by atoms with Gasteiger partial charge in [-0.25, -0.2) is 0 Å². The molecule has 0 radical (unpaired) electrons. The van der Waals surface area contributed by atoms with Crippen molar-refractivity contribution >= 4 is 34.6 Å². The van der Waals surface area contributed by atoms with Gasteiger partial charge in [-0.3, -0.25) is 14.2 Å². The maximum Gasteiger partial charge on any atom is 0.387 e. The number of nitrogens with one attached hydrogen (secondary N) is 1.